The van der Waals surface area contributed by atoms with Crippen LogP contribution in [-0.4, -0.2) is 0 Å². The second-order valence-electron chi connectivity index (χ2n) is 20.9. The van der Waals surface area contributed by atoms with Crippen LogP contribution in [0.5, 0.6) is 0 Å². The van der Waals surface area contributed by atoms with Crippen LogP contribution < -0.4 is 4.90 Å². The van der Waals surface area contributed by atoms with E-state index in [9.17, 15) is 0 Å². The number of anilines is 3. The summed E-state index contributed by atoms with van der Waals surface area (Å²) in [5, 5.41) is 12.5. The lowest BCUT2D eigenvalue weighted by Crippen LogP contribution is -2.18. The van der Waals surface area contributed by atoms with E-state index in [2.05, 4.69) is 263 Å². The van der Waals surface area contributed by atoms with Gasteiger partial charge in [0.05, 0.1) is 5.69 Å². The Bertz CT molecular complexity index is 3990. The number of hydrogen-bond donors (Lipinski definition) is 0. The molecule has 0 atom stereocenters. The van der Waals surface area contributed by atoms with Crippen molar-refractivity contribution in [3.05, 3.63) is 269 Å². The topological polar surface area (TPSA) is 3.24 Å². The van der Waals surface area contributed by atoms with Crippen LogP contribution >= 0.6 is 0 Å². The quantitative estimate of drug-likeness (QED) is 0.150. The molecular weight excluding hydrogens is 843 g/mol. The SMILES string of the molecule is CC1(C)c2cc(C(c3ccc4ccccc4c3)c3ccc4ccccc4c3)ccc2-c2cc3c(cc21)-c1c(cc(N(c2ccc4ccccc4c2)c2ccc4ccccc4c2)c2ccccc12)C3(C)C. The Labute approximate surface area is 409 Å². The molecule has 0 bridgehead atoms. The number of rotatable bonds is 6. The van der Waals surface area contributed by atoms with E-state index in [1.807, 2.05) is 0 Å². The van der Waals surface area contributed by atoms with E-state index >= 15 is 0 Å². The van der Waals surface area contributed by atoms with Gasteiger partial charge in [0.15, 0.2) is 0 Å². The van der Waals surface area contributed by atoms with Gasteiger partial charge in [-0.25, -0.2) is 0 Å². The van der Waals surface area contributed by atoms with Gasteiger partial charge in [0, 0.05) is 33.5 Å². The van der Waals surface area contributed by atoms with Crippen LogP contribution in [0, 0.1) is 0 Å². The third-order valence-electron chi connectivity index (χ3n) is 16.2. The summed E-state index contributed by atoms with van der Waals surface area (Å²) in [5.41, 5.74) is 17.9. The van der Waals surface area contributed by atoms with Crippen LogP contribution in [0.25, 0.3) is 76.1 Å². The Morgan fingerprint density at radius 3 is 1.26 bits per heavy atom. The van der Waals surface area contributed by atoms with Gasteiger partial charge in [0.1, 0.15) is 0 Å². The van der Waals surface area contributed by atoms with Crippen molar-refractivity contribution < 1.29 is 0 Å². The zero-order chi connectivity index (χ0) is 46.9. The van der Waals surface area contributed by atoms with Gasteiger partial charge in [0.25, 0.3) is 0 Å². The fraction of sp³-hybridized carbons (Fsp3) is 0.101. The molecule has 0 aliphatic heterocycles. The minimum Gasteiger partial charge on any atom is -0.310 e. The van der Waals surface area contributed by atoms with E-state index in [4.69, 9.17) is 0 Å². The zero-order valence-electron chi connectivity index (χ0n) is 40.0. The van der Waals surface area contributed by atoms with Gasteiger partial charge >= 0.3 is 0 Å². The van der Waals surface area contributed by atoms with Gasteiger partial charge in [-0.1, -0.05) is 216 Å². The van der Waals surface area contributed by atoms with E-state index in [0.29, 0.717) is 0 Å². The maximum atomic E-state index is 2.58. The van der Waals surface area contributed by atoms with E-state index in [-0.39, 0.29) is 16.7 Å². The van der Waals surface area contributed by atoms with Crippen LogP contribution in [0.15, 0.2) is 231 Å². The molecule has 0 saturated carbocycles. The summed E-state index contributed by atoms with van der Waals surface area (Å²) in [6, 6.07) is 87.0. The van der Waals surface area contributed by atoms with Gasteiger partial charge in [-0.15, -0.1) is 0 Å². The molecule has 2 aliphatic carbocycles. The third-order valence-corrected chi connectivity index (χ3v) is 16.2. The summed E-state index contributed by atoms with van der Waals surface area (Å²) in [6.07, 6.45) is 0. The molecule has 1 nitrogen and oxygen atoms in total. The van der Waals surface area contributed by atoms with Gasteiger partial charge in [-0.3, -0.25) is 0 Å². The van der Waals surface area contributed by atoms with E-state index in [1.165, 1.54) is 121 Å². The number of hydrogen-bond acceptors (Lipinski definition) is 1. The van der Waals surface area contributed by atoms with Gasteiger partial charge in [-0.2, -0.15) is 0 Å². The molecule has 12 aromatic carbocycles. The molecule has 0 unspecified atom stereocenters. The minimum atomic E-state index is -0.263. The van der Waals surface area contributed by atoms with Crippen LogP contribution in [0.1, 0.15) is 72.6 Å². The van der Waals surface area contributed by atoms with Crippen molar-refractivity contribution >= 4 is 70.9 Å². The second-order valence-corrected chi connectivity index (χ2v) is 20.9. The predicted octanol–water partition coefficient (Wildman–Crippen LogP) is 18.7. The zero-order valence-corrected chi connectivity index (χ0v) is 40.0. The molecule has 0 fully saturated rings. The molecule has 0 radical (unpaired) electrons. The monoisotopic (exact) mass is 893 g/mol. The molecule has 70 heavy (non-hydrogen) atoms. The van der Waals surface area contributed by atoms with Crippen molar-refractivity contribution in [1.82, 2.24) is 0 Å². The standard InChI is InChI=1S/C69H51N/c1-68(2)61-39-53(66(51-27-25-43-15-5-9-19-47(43)35-51)52-28-26-44-16-6-10-20-48(44)36-52)31-34-56(61)59-40-63-60(41-62(59)68)67-58-24-14-13-23-57(58)65(42-64(67)69(63,3)4)70(54-32-29-45-17-7-11-21-49(45)37-54)55-33-30-46-18-8-12-22-50(46)38-55/h5-42,66H,1-4H3. The van der Waals surface area contributed by atoms with Crippen LogP contribution in [0.4, 0.5) is 17.1 Å². The van der Waals surface area contributed by atoms with Crippen molar-refractivity contribution in [3.8, 4) is 22.3 Å². The van der Waals surface area contributed by atoms with E-state index in [1.54, 1.807) is 0 Å². The summed E-state index contributed by atoms with van der Waals surface area (Å²) < 4.78 is 0. The maximum absolute atomic E-state index is 2.58. The minimum absolute atomic E-state index is 0.0687. The number of nitrogens with zero attached hydrogens (tertiary/aromatic N) is 1. The van der Waals surface area contributed by atoms with Crippen LogP contribution in [0.2, 0.25) is 0 Å². The van der Waals surface area contributed by atoms with Gasteiger partial charge < -0.3 is 4.90 Å². The van der Waals surface area contributed by atoms with Crippen molar-refractivity contribution in [2.24, 2.45) is 0 Å². The summed E-state index contributed by atoms with van der Waals surface area (Å²) in [5.74, 6) is 0.0687. The molecular formula is C69H51N. The lowest BCUT2D eigenvalue weighted by atomic mass is 9.78. The highest BCUT2D eigenvalue weighted by atomic mass is 15.1. The first-order valence-corrected chi connectivity index (χ1v) is 24.8. The molecule has 0 amide bonds. The first-order valence-electron chi connectivity index (χ1n) is 24.8. The molecule has 14 rings (SSSR count). The first-order chi connectivity index (χ1) is 34.2. The Hall–Kier alpha value is -8.26. The lowest BCUT2D eigenvalue weighted by molar-refractivity contribution is 0.651. The second kappa shape index (κ2) is 15.1. The molecule has 1 heteroatoms. The largest absolute Gasteiger partial charge is 0.310 e. The highest BCUT2D eigenvalue weighted by Crippen LogP contribution is 2.59. The Morgan fingerprint density at radius 1 is 0.300 bits per heavy atom. The normalized spacial score (nSPS) is 14.1. The van der Waals surface area contributed by atoms with Gasteiger partial charge in [0.2, 0.25) is 0 Å². The summed E-state index contributed by atoms with van der Waals surface area (Å²) in [4.78, 5) is 2.50. The smallest absolute Gasteiger partial charge is 0.0543 e. The van der Waals surface area contributed by atoms with Crippen LogP contribution in [-0.2, 0) is 10.8 Å². The average molecular weight is 894 g/mol. The fourth-order valence-corrected chi connectivity index (χ4v) is 12.6. The van der Waals surface area contributed by atoms with Gasteiger partial charge in [-0.05, 0) is 152 Å². The van der Waals surface area contributed by atoms with Crippen LogP contribution in [0.3, 0.4) is 0 Å². The predicted molar refractivity (Wildman–Crippen MR) is 298 cm³/mol. The fourth-order valence-electron chi connectivity index (χ4n) is 12.6. The van der Waals surface area contributed by atoms with E-state index < -0.39 is 0 Å². The molecule has 0 N–H and O–H groups in total. The Morgan fingerprint density at radius 2 is 0.700 bits per heavy atom. The van der Waals surface area contributed by atoms with Crippen molar-refractivity contribution in [3.63, 3.8) is 0 Å². The number of fused-ring (bicyclic) bond motifs is 12. The highest BCUT2D eigenvalue weighted by molar-refractivity contribution is 6.11. The Balaban J connectivity index is 0.929. The van der Waals surface area contributed by atoms with Crippen molar-refractivity contribution in [2.45, 2.75) is 44.4 Å². The Kier molecular flexibility index (Phi) is 8.81. The lowest BCUT2D eigenvalue weighted by Gasteiger charge is -2.30. The molecule has 12 aromatic rings. The average Bonchev–Trinajstić information content (AvgIpc) is 3.76. The third kappa shape index (κ3) is 6.11. The number of benzene rings is 12. The summed E-state index contributed by atoms with van der Waals surface area (Å²) in [6.45, 7) is 9.78. The molecule has 332 valence electrons. The van der Waals surface area contributed by atoms with E-state index in [0.717, 1.165) is 11.4 Å². The molecule has 0 spiro atoms. The molecule has 0 heterocycles. The summed E-state index contributed by atoms with van der Waals surface area (Å²) in [7, 11) is 0. The first kappa shape index (κ1) is 40.8. The van der Waals surface area contributed by atoms with Crippen molar-refractivity contribution in [1.29, 1.82) is 0 Å². The molecule has 0 aromatic heterocycles. The highest BCUT2D eigenvalue weighted by Gasteiger charge is 2.43. The molecule has 2 aliphatic rings. The maximum Gasteiger partial charge on any atom is 0.0543 e. The van der Waals surface area contributed by atoms with Crippen molar-refractivity contribution in [2.75, 3.05) is 4.90 Å². The summed E-state index contributed by atoms with van der Waals surface area (Å²) >= 11 is 0. The molecule has 0 saturated heterocycles.